The number of hydrogen-bond acceptors (Lipinski definition) is 6. The van der Waals surface area contributed by atoms with Gasteiger partial charge >= 0.3 is 0 Å². The van der Waals surface area contributed by atoms with E-state index in [2.05, 4.69) is 15.0 Å². The van der Waals surface area contributed by atoms with Crippen LogP contribution in [0.1, 0.15) is 29.8 Å². The van der Waals surface area contributed by atoms with Crippen molar-refractivity contribution in [1.29, 1.82) is 0 Å². The van der Waals surface area contributed by atoms with Gasteiger partial charge in [0.15, 0.2) is 5.78 Å². The summed E-state index contributed by atoms with van der Waals surface area (Å²) in [6, 6.07) is 1.61. The minimum atomic E-state index is -0.367. The fourth-order valence-electron chi connectivity index (χ4n) is 2.77. The summed E-state index contributed by atoms with van der Waals surface area (Å²) in [6.45, 7) is 4.52. The highest BCUT2D eigenvalue weighted by atomic mass is 16.5. The number of pyridine rings is 1. The number of carbonyl (C=O) groups excluding carboxylic acids is 1. The molecule has 124 valence electrons. The average molecular weight is 325 g/mol. The number of anilines is 1. The first-order chi connectivity index (χ1) is 11.4. The number of nitrogens with zero attached hydrogens (tertiary/aromatic N) is 4. The van der Waals surface area contributed by atoms with Gasteiger partial charge in [0.25, 0.3) is 0 Å². The summed E-state index contributed by atoms with van der Waals surface area (Å²) in [5, 5.41) is 0.689. The standard InChI is InChI=1S/C17H19N5O2/c1-17(2,9-24-3)22-8-14(13-7-20-10-21-16(13)22)15(23)11-4-12(18)6-19-5-11/h4-8,10H,9,18H2,1-3H3. The van der Waals surface area contributed by atoms with Gasteiger partial charge in [-0.25, -0.2) is 9.97 Å². The first-order valence-electron chi connectivity index (χ1n) is 7.50. The molecule has 0 saturated carbocycles. The Morgan fingerprint density at radius 1 is 1.29 bits per heavy atom. The Morgan fingerprint density at radius 3 is 2.79 bits per heavy atom. The van der Waals surface area contributed by atoms with Crippen LogP contribution in [0.5, 0.6) is 0 Å². The minimum absolute atomic E-state index is 0.165. The molecule has 0 aliphatic rings. The molecule has 0 saturated heterocycles. The number of aromatic nitrogens is 4. The quantitative estimate of drug-likeness (QED) is 0.721. The van der Waals surface area contributed by atoms with E-state index in [0.717, 1.165) is 0 Å². The Morgan fingerprint density at radius 2 is 2.08 bits per heavy atom. The normalized spacial score (nSPS) is 11.8. The molecule has 7 nitrogen and oxygen atoms in total. The smallest absolute Gasteiger partial charge is 0.196 e. The minimum Gasteiger partial charge on any atom is -0.397 e. The van der Waals surface area contributed by atoms with Crippen molar-refractivity contribution in [2.24, 2.45) is 0 Å². The van der Waals surface area contributed by atoms with Crippen LogP contribution in [0.3, 0.4) is 0 Å². The van der Waals surface area contributed by atoms with Crippen molar-refractivity contribution in [1.82, 2.24) is 19.5 Å². The van der Waals surface area contributed by atoms with E-state index >= 15 is 0 Å². The lowest BCUT2D eigenvalue weighted by Crippen LogP contribution is -2.31. The highest BCUT2D eigenvalue weighted by Crippen LogP contribution is 2.28. The summed E-state index contributed by atoms with van der Waals surface area (Å²) in [5.74, 6) is -0.165. The maximum Gasteiger partial charge on any atom is 0.196 e. The van der Waals surface area contributed by atoms with Crippen molar-refractivity contribution in [3.63, 3.8) is 0 Å². The van der Waals surface area contributed by atoms with E-state index in [4.69, 9.17) is 10.5 Å². The number of rotatable bonds is 5. The van der Waals surface area contributed by atoms with Crippen molar-refractivity contribution in [3.8, 4) is 0 Å². The van der Waals surface area contributed by atoms with Crippen molar-refractivity contribution >= 4 is 22.5 Å². The highest BCUT2D eigenvalue weighted by Gasteiger charge is 2.26. The van der Waals surface area contributed by atoms with E-state index in [1.54, 1.807) is 25.6 Å². The highest BCUT2D eigenvalue weighted by molar-refractivity contribution is 6.16. The summed E-state index contributed by atoms with van der Waals surface area (Å²) in [4.78, 5) is 25.3. The lowest BCUT2D eigenvalue weighted by atomic mass is 10.1. The van der Waals surface area contributed by atoms with Gasteiger partial charge in [0, 0.05) is 42.8 Å². The van der Waals surface area contributed by atoms with Gasteiger partial charge in [-0.1, -0.05) is 0 Å². The lowest BCUT2D eigenvalue weighted by Gasteiger charge is -2.26. The molecule has 2 N–H and O–H groups in total. The molecular formula is C17H19N5O2. The Kier molecular flexibility index (Phi) is 4.02. The SMILES string of the molecule is COCC(C)(C)n1cc(C(=O)c2cncc(N)c2)c2cncnc21. The molecule has 24 heavy (non-hydrogen) atoms. The molecule has 0 atom stereocenters. The predicted molar refractivity (Wildman–Crippen MR) is 90.8 cm³/mol. The summed E-state index contributed by atoms with van der Waals surface area (Å²) in [7, 11) is 1.65. The van der Waals surface area contributed by atoms with Crippen LogP contribution in [-0.4, -0.2) is 39.0 Å². The first kappa shape index (κ1) is 16.1. The largest absolute Gasteiger partial charge is 0.397 e. The topological polar surface area (TPSA) is 95.9 Å². The third-order valence-corrected chi connectivity index (χ3v) is 3.88. The molecule has 0 aromatic carbocycles. The van der Waals surface area contributed by atoms with Gasteiger partial charge in [-0.05, 0) is 19.9 Å². The molecule has 0 bridgehead atoms. The molecule has 3 aromatic heterocycles. The fourth-order valence-corrected chi connectivity index (χ4v) is 2.77. The third kappa shape index (κ3) is 2.74. The van der Waals surface area contributed by atoms with Crippen LogP contribution >= 0.6 is 0 Å². The van der Waals surface area contributed by atoms with Crippen LogP contribution < -0.4 is 5.73 Å². The Labute approximate surface area is 139 Å². The first-order valence-corrected chi connectivity index (χ1v) is 7.50. The zero-order chi connectivity index (χ0) is 17.3. The van der Waals surface area contributed by atoms with Crippen LogP contribution in [0.15, 0.2) is 37.2 Å². The number of nitrogens with two attached hydrogens (primary N) is 1. The van der Waals surface area contributed by atoms with Gasteiger partial charge in [0.05, 0.1) is 23.4 Å². The van der Waals surface area contributed by atoms with Crippen molar-refractivity contribution in [3.05, 3.63) is 48.3 Å². The van der Waals surface area contributed by atoms with Gasteiger partial charge < -0.3 is 15.0 Å². The Balaban J connectivity index is 2.17. The molecule has 0 unspecified atom stereocenters. The molecule has 3 aromatic rings. The van der Waals surface area contributed by atoms with Crippen LogP contribution in [0.25, 0.3) is 11.0 Å². The fraction of sp³-hybridized carbons (Fsp3) is 0.294. The van der Waals surface area contributed by atoms with Gasteiger partial charge in [-0.15, -0.1) is 0 Å². The molecule has 0 aliphatic carbocycles. The monoisotopic (exact) mass is 325 g/mol. The van der Waals surface area contributed by atoms with E-state index in [1.165, 1.54) is 18.7 Å². The van der Waals surface area contributed by atoms with Crippen molar-refractivity contribution < 1.29 is 9.53 Å². The summed E-state index contributed by atoms with van der Waals surface area (Å²) in [5.41, 5.74) is 7.45. The van der Waals surface area contributed by atoms with Crippen molar-refractivity contribution in [2.75, 3.05) is 19.5 Å². The molecule has 0 fully saturated rings. The average Bonchev–Trinajstić information content (AvgIpc) is 2.94. The third-order valence-electron chi connectivity index (χ3n) is 3.88. The second kappa shape index (κ2) is 6.01. The van der Waals surface area contributed by atoms with E-state index in [0.29, 0.717) is 34.5 Å². The molecule has 0 aliphatic heterocycles. The summed E-state index contributed by atoms with van der Waals surface area (Å²) in [6.07, 6.45) is 7.92. The summed E-state index contributed by atoms with van der Waals surface area (Å²) < 4.78 is 7.25. The van der Waals surface area contributed by atoms with Gasteiger partial charge in [-0.3, -0.25) is 9.78 Å². The maximum absolute atomic E-state index is 12.9. The summed E-state index contributed by atoms with van der Waals surface area (Å²) >= 11 is 0. The second-order valence-corrected chi connectivity index (χ2v) is 6.25. The van der Waals surface area contributed by atoms with Crippen LogP contribution in [-0.2, 0) is 10.3 Å². The second-order valence-electron chi connectivity index (χ2n) is 6.25. The molecule has 0 amide bonds. The Bertz CT molecular complexity index is 901. The predicted octanol–water partition coefficient (Wildman–Crippen LogP) is 2.02. The van der Waals surface area contributed by atoms with Gasteiger partial charge in [0.2, 0.25) is 0 Å². The van der Waals surface area contributed by atoms with E-state index in [-0.39, 0.29) is 11.3 Å². The zero-order valence-corrected chi connectivity index (χ0v) is 13.9. The van der Waals surface area contributed by atoms with Crippen LogP contribution in [0, 0.1) is 0 Å². The number of ketones is 1. The van der Waals surface area contributed by atoms with Gasteiger partial charge in [0.1, 0.15) is 12.0 Å². The number of methoxy groups -OCH3 is 1. The zero-order valence-electron chi connectivity index (χ0n) is 13.9. The molecule has 7 heteroatoms. The molecular weight excluding hydrogens is 306 g/mol. The molecule has 0 radical (unpaired) electrons. The number of carbonyl (C=O) groups is 1. The number of hydrogen-bond donors (Lipinski definition) is 1. The van der Waals surface area contributed by atoms with E-state index in [9.17, 15) is 4.79 Å². The van der Waals surface area contributed by atoms with Gasteiger partial charge in [-0.2, -0.15) is 0 Å². The van der Waals surface area contributed by atoms with Crippen LogP contribution in [0.4, 0.5) is 5.69 Å². The van der Waals surface area contributed by atoms with E-state index < -0.39 is 0 Å². The number of fused-ring (bicyclic) bond motifs is 1. The number of nitrogen functional groups attached to an aromatic ring is 1. The number of ether oxygens (including phenoxy) is 1. The van der Waals surface area contributed by atoms with Crippen molar-refractivity contribution in [2.45, 2.75) is 19.4 Å². The molecule has 3 heterocycles. The molecule has 0 spiro atoms. The van der Waals surface area contributed by atoms with E-state index in [1.807, 2.05) is 18.4 Å². The molecule has 3 rings (SSSR count). The maximum atomic E-state index is 12.9. The Hall–Kier alpha value is -2.80. The van der Waals surface area contributed by atoms with Crippen LogP contribution in [0.2, 0.25) is 0 Å². The lowest BCUT2D eigenvalue weighted by molar-refractivity contribution is 0.103.